The van der Waals surface area contributed by atoms with E-state index in [2.05, 4.69) is 20.2 Å². The van der Waals surface area contributed by atoms with E-state index in [1.807, 2.05) is 0 Å². The second kappa shape index (κ2) is 2.48. The first kappa shape index (κ1) is 8.10. The van der Waals surface area contributed by atoms with Crippen LogP contribution in [0.4, 0.5) is 17.8 Å². The third-order valence-electron chi connectivity index (χ3n) is 1.46. The average Bonchev–Trinajstić information content (AvgIpc) is 2.47. The van der Waals surface area contributed by atoms with E-state index in [4.69, 9.17) is 11.5 Å². The van der Waals surface area contributed by atoms with E-state index in [-0.39, 0.29) is 17.7 Å². The number of anilines is 2. The monoisotopic (exact) mass is 196 g/mol. The van der Waals surface area contributed by atoms with Crippen LogP contribution < -0.4 is 11.5 Å². The maximum absolute atomic E-state index is 10.5. The van der Waals surface area contributed by atoms with E-state index in [1.165, 1.54) is 0 Å². The van der Waals surface area contributed by atoms with Gasteiger partial charge in [-0.3, -0.25) is 0 Å². The second-order valence-corrected chi connectivity index (χ2v) is 2.33. The van der Waals surface area contributed by atoms with Crippen LogP contribution in [0.15, 0.2) is 0 Å². The number of nitrogen functional groups attached to an aromatic ring is 2. The quantitative estimate of drug-likeness (QED) is 0.416. The number of nitro groups is 1. The van der Waals surface area contributed by atoms with Gasteiger partial charge in [0.05, 0.1) is 5.10 Å². The molecule has 0 amide bonds. The molecular formula is C4H4N8O2. The summed E-state index contributed by atoms with van der Waals surface area (Å²) in [6.07, 6.45) is 0. The van der Waals surface area contributed by atoms with Crippen LogP contribution in [0.1, 0.15) is 0 Å². The van der Waals surface area contributed by atoms with Crippen molar-refractivity contribution in [2.45, 2.75) is 0 Å². The molecule has 4 N–H and O–H groups in total. The van der Waals surface area contributed by atoms with Gasteiger partial charge in [-0.1, -0.05) is 0 Å². The molecule has 0 saturated carbocycles. The molecule has 0 spiro atoms. The predicted molar refractivity (Wildman–Crippen MR) is 44.1 cm³/mol. The summed E-state index contributed by atoms with van der Waals surface area (Å²) >= 11 is 0. The molecule has 0 unspecified atom stereocenters. The van der Waals surface area contributed by atoms with Crippen LogP contribution in [0.25, 0.3) is 5.78 Å². The summed E-state index contributed by atoms with van der Waals surface area (Å²) in [6, 6.07) is 0. The fourth-order valence-electron chi connectivity index (χ4n) is 0.959. The largest absolute Gasteiger partial charge is 0.467 e. The predicted octanol–water partition coefficient (Wildman–Crippen LogP) is -1.41. The summed E-state index contributed by atoms with van der Waals surface area (Å²) in [5, 5.41) is 17.1. The normalized spacial score (nSPS) is 10.6. The number of nitrogens with two attached hydrogens (primary N) is 2. The van der Waals surface area contributed by atoms with E-state index in [9.17, 15) is 10.1 Å². The van der Waals surface area contributed by atoms with E-state index >= 15 is 0 Å². The number of rotatable bonds is 1. The topological polar surface area (TPSA) is 151 Å². The highest BCUT2D eigenvalue weighted by Gasteiger charge is 2.21. The van der Waals surface area contributed by atoms with Crippen LogP contribution in [0.2, 0.25) is 0 Å². The number of nitrogens with zero attached hydrogens (tertiary/aromatic N) is 6. The van der Waals surface area contributed by atoms with Gasteiger partial charge < -0.3 is 21.6 Å². The zero-order chi connectivity index (χ0) is 10.3. The van der Waals surface area contributed by atoms with E-state index in [1.54, 1.807) is 0 Å². The Morgan fingerprint density at radius 3 is 2.64 bits per heavy atom. The van der Waals surface area contributed by atoms with Crippen LogP contribution in [0, 0.1) is 10.1 Å². The third kappa shape index (κ3) is 0.972. The zero-order valence-electron chi connectivity index (χ0n) is 6.65. The summed E-state index contributed by atoms with van der Waals surface area (Å²) in [7, 11) is 0. The first-order valence-electron chi connectivity index (χ1n) is 3.38. The highest BCUT2D eigenvalue weighted by molar-refractivity contribution is 5.44. The second-order valence-electron chi connectivity index (χ2n) is 2.33. The maximum Gasteiger partial charge on any atom is 0.467 e. The Bertz CT molecular complexity index is 517. The van der Waals surface area contributed by atoms with Gasteiger partial charge in [0, 0.05) is 0 Å². The maximum atomic E-state index is 10.5. The fourth-order valence-corrected chi connectivity index (χ4v) is 0.959. The summed E-state index contributed by atoms with van der Waals surface area (Å²) in [5.41, 5.74) is 10.6. The highest BCUT2D eigenvalue weighted by atomic mass is 16.6. The third-order valence-corrected chi connectivity index (χ3v) is 1.46. The molecule has 10 nitrogen and oxygen atoms in total. The van der Waals surface area contributed by atoms with Crippen molar-refractivity contribution in [3.63, 3.8) is 0 Å². The van der Waals surface area contributed by atoms with Gasteiger partial charge in [0.2, 0.25) is 5.95 Å². The SMILES string of the molecule is Nc1nc(N)n2c([N+](=O)[O-])nnc2n1. The van der Waals surface area contributed by atoms with Gasteiger partial charge in [-0.25, -0.2) is 0 Å². The lowest BCUT2D eigenvalue weighted by atomic mass is 10.8. The molecule has 10 heteroatoms. The number of fused-ring (bicyclic) bond motifs is 1. The summed E-state index contributed by atoms with van der Waals surface area (Å²) in [4.78, 5) is 16.9. The molecule has 0 aliphatic carbocycles. The molecule has 14 heavy (non-hydrogen) atoms. The van der Waals surface area contributed by atoms with Crippen LogP contribution in [0.3, 0.4) is 0 Å². The molecular weight excluding hydrogens is 192 g/mol. The molecule has 72 valence electrons. The van der Waals surface area contributed by atoms with Gasteiger partial charge in [0.25, 0.3) is 5.95 Å². The van der Waals surface area contributed by atoms with Gasteiger partial charge >= 0.3 is 11.7 Å². The van der Waals surface area contributed by atoms with Crippen molar-refractivity contribution in [3.8, 4) is 0 Å². The first-order chi connectivity index (χ1) is 6.59. The first-order valence-corrected chi connectivity index (χ1v) is 3.38. The Labute approximate surface area is 75.7 Å². The smallest absolute Gasteiger partial charge is 0.390 e. The molecule has 0 fully saturated rings. The van der Waals surface area contributed by atoms with Crippen LogP contribution in [0.5, 0.6) is 0 Å². The van der Waals surface area contributed by atoms with Crippen molar-refractivity contribution in [2.24, 2.45) is 0 Å². The van der Waals surface area contributed by atoms with Gasteiger partial charge in [-0.05, 0) is 10.0 Å². The van der Waals surface area contributed by atoms with Gasteiger partial charge in [-0.2, -0.15) is 9.97 Å². The van der Waals surface area contributed by atoms with Crippen molar-refractivity contribution in [3.05, 3.63) is 10.1 Å². The van der Waals surface area contributed by atoms with Crippen molar-refractivity contribution in [1.29, 1.82) is 0 Å². The number of hydrogen-bond acceptors (Lipinski definition) is 8. The molecule has 0 aliphatic heterocycles. The molecule has 0 atom stereocenters. The van der Waals surface area contributed by atoms with Crippen molar-refractivity contribution >= 4 is 23.6 Å². The minimum Gasteiger partial charge on any atom is -0.390 e. The molecule has 0 aromatic carbocycles. The lowest BCUT2D eigenvalue weighted by Gasteiger charge is -1.95. The van der Waals surface area contributed by atoms with E-state index < -0.39 is 10.9 Å². The molecule has 2 heterocycles. The Hall–Kier alpha value is -2.52. The average molecular weight is 196 g/mol. The van der Waals surface area contributed by atoms with E-state index in [0.29, 0.717) is 0 Å². The van der Waals surface area contributed by atoms with Crippen molar-refractivity contribution in [1.82, 2.24) is 24.6 Å². The van der Waals surface area contributed by atoms with Gasteiger partial charge in [0.1, 0.15) is 0 Å². The molecule has 2 aromatic rings. The van der Waals surface area contributed by atoms with Crippen LogP contribution >= 0.6 is 0 Å². The van der Waals surface area contributed by atoms with Crippen molar-refractivity contribution < 1.29 is 4.92 Å². The summed E-state index contributed by atoms with van der Waals surface area (Å²) < 4.78 is 0.899. The minimum absolute atomic E-state index is 0.0540. The Morgan fingerprint density at radius 1 is 1.29 bits per heavy atom. The fraction of sp³-hybridized carbons (Fsp3) is 0. The van der Waals surface area contributed by atoms with Crippen LogP contribution in [-0.4, -0.2) is 29.5 Å². The Balaban J connectivity index is 2.85. The highest BCUT2D eigenvalue weighted by Crippen LogP contribution is 2.13. The summed E-state index contributed by atoms with van der Waals surface area (Å²) in [5.74, 6) is -0.888. The Kier molecular flexibility index (Phi) is 1.44. The molecule has 2 aromatic heterocycles. The number of hydrogen-bond donors (Lipinski definition) is 2. The standard InChI is InChI=1S/C4H4N8O2/c5-1-7-2(6)11-3(8-1)9-10-4(11)12(13)14/h(H4,5,6,7,8,9). The minimum atomic E-state index is -0.740. The molecule has 0 saturated heterocycles. The van der Waals surface area contributed by atoms with Crippen molar-refractivity contribution in [2.75, 3.05) is 11.5 Å². The van der Waals surface area contributed by atoms with Crippen LogP contribution in [-0.2, 0) is 0 Å². The van der Waals surface area contributed by atoms with Gasteiger partial charge in [-0.15, -0.1) is 4.40 Å². The zero-order valence-corrected chi connectivity index (χ0v) is 6.65. The lowest BCUT2D eigenvalue weighted by molar-refractivity contribution is -0.395. The molecule has 0 bridgehead atoms. The number of aromatic nitrogens is 5. The summed E-state index contributed by atoms with van der Waals surface area (Å²) in [6.45, 7) is 0. The van der Waals surface area contributed by atoms with Gasteiger partial charge in [0.15, 0.2) is 0 Å². The molecule has 0 aliphatic rings. The molecule has 0 radical (unpaired) electrons. The lowest BCUT2D eigenvalue weighted by Crippen LogP contribution is -2.08. The molecule has 2 rings (SSSR count). The Morgan fingerprint density at radius 2 is 2.00 bits per heavy atom. The van der Waals surface area contributed by atoms with E-state index in [0.717, 1.165) is 4.40 Å².